The highest BCUT2D eigenvalue weighted by atomic mass is 79.9. The largest absolute Gasteiger partial charge is 0.494 e. The number of rotatable bonds is 5. The van der Waals surface area contributed by atoms with E-state index in [-0.39, 0.29) is 11.7 Å². The lowest BCUT2D eigenvalue weighted by atomic mass is 9.91. The molecule has 0 radical (unpaired) electrons. The molecule has 104 valence electrons. The zero-order chi connectivity index (χ0) is 13.8. The number of benzene rings is 1. The van der Waals surface area contributed by atoms with E-state index in [4.69, 9.17) is 4.74 Å². The fourth-order valence-corrected chi connectivity index (χ4v) is 2.59. The van der Waals surface area contributed by atoms with Gasteiger partial charge in [-0.1, -0.05) is 15.9 Å². The molecule has 19 heavy (non-hydrogen) atoms. The van der Waals surface area contributed by atoms with Crippen LogP contribution in [-0.2, 0) is 0 Å². The second kappa shape index (κ2) is 6.37. The number of carbonyl (C=O) groups excluding carboxylic acids is 1. The van der Waals surface area contributed by atoms with Crippen LogP contribution >= 0.6 is 15.9 Å². The molecule has 1 aromatic rings. The molecule has 0 N–H and O–H groups in total. The Morgan fingerprint density at radius 2 is 2.26 bits per heavy atom. The third-order valence-corrected chi connectivity index (χ3v) is 3.86. The van der Waals surface area contributed by atoms with Gasteiger partial charge in [-0.3, -0.25) is 4.79 Å². The van der Waals surface area contributed by atoms with Crippen molar-refractivity contribution in [3.63, 3.8) is 0 Å². The zero-order valence-corrected chi connectivity index (χ0v) is 12.5. The molecule has 3 nitrogen and oxygen atoms in total. The van der Waals surface area contributed by atoms with Crippen molar-refractivity contribution in [1.82, 2.24) is 4.90 Å². The van der Waals surface area contributed by atoms with Gasteiger partial charge in [0.1, 0.15) is 0 Å². The predicted octanol–water partition coefficient (Wildman–Crippen LogP) is 3.22. The van der Waals surface area contributed by atoms with E-state index in [1.54, 1.807) is 6.07 Å². The fraction of sp³-hybridized carbons (Fsp3) is 0.500. The first-order valence-corrected chi connectivity index (χ1v) is 7.50. The van der Waals surface area contributed by atoms with Crippen molar-refractivity contribution in [3.05, 3.63) is 29.6 Å². The summed E-state index contributed by atoms with van der Waals surface area (Å²) in [5, 5.41) is 0.730. The van der Waals surface area contributed by atoms with Crippen LogP contribution in [0.1, 0.15) is 29.6 Å². The highest BCUT2D eigenvalue weighted by molar-refractivity contribution is 9.09. The zero-order valence-electron chi connectivity index (χ0n) is 10.9. The summed E-state index contributed by atoms with van der Waals surface area (Å²) in [4.78, 5) is 14.3. The molecule has 2 rings (SSSR count). The molecule has 0 atom stereocenters. The lowest BCUT2D eigenvalue weighted by molar-refractivity contribution is 0.0599. The maximum atomic E-state index is 13.7. The number of ether oxygens (including phenoxy) is 1. The summed E-state index contributed by atoms with van der Waals surface area (Å²) in [6, 6.07) is 4.66. The molecule has 0 bridgehead atoms. The lowest BCUT2D eigenvalue weighted by Gasteiger charge is -2.37. The Balaban J connectivity index is 2.18. The summed E-state index contributed by atoms with van der Waals surface area (Å²) in [5.41, 5.74) is 0.381. The second-order valence-electron chi connectivity index (χ2n) is 4.62. The van der Waals surface area contributed by atoms with Crippen molar-refractivity contribution in [2.45, 2.75) is 25.3 Å². The van der Waals surface area contributed by atoms with E-state index < -0.39 is 5.82 Å². The van der Waals surface area contributed by atoms with Crippen LogP contribution in [0.2, 0.25) is 0 Å². The molecule has 0 spiro atoms. The number of halogens is 2. The summed E-state index contributed by atoms with van der Waals surface area (Å²) >= 11 is 3.36. The van der Waals surface area contributed by atoms with Crippen LogP contribution in [0.3, 0.4) is 0 Å². The minimum Gasteiger partial charge on any atom is -0.494 e. The van der Waals surface area contributed by atoms with Crippen molar-refractivity contribution in [2.75, 3.05) is 19.0 Å². The first-order chi connectivity index (χ1) is 9.17. The first-order valence-electron chi connectivity index (χ1n) is 6.38. The minimum absolute atomic E-state index is 0.106. The quantitative estimate of drug-likeness (QED) is 0.776. The smallest absolute Gasteiger partial charge is 0.254 e. The summed E-state index contributed by atoms with van der Waals surface area (Å²) in [5.74, 6) is -0.446. The average Bonchev–Trinajstić information content (AvgIpc) is 2.35. The number of amides is 1. The van der Waals surface area contributed by atoms with Crippen LogP contribution in [0.15, 0.2) is 18.2 Å². The highest BCUT2D eigenvalue weighted by Crippen LogP contribution is 2.27. The molecule has 1 aromatic carbocycles. The van der Waals surface area contributed by atoms with E-state index in [1.165, 1.54) is 19.2 Å². The van der Waals surface area contributed by atoms with Crippen molar-refractivity contribution in [1.29, 1.82) is 0 Å². The Morgan fingerprint density at radius 3 is 2.74 bits per heavy atom. The van der Waals surface area contributed by atoms with Gasteiger partial charge in [-0.2, -0.15) is 0 Å². The maximum absolute atomic E-state index is 13.7. The SMILES string of the molecule is COc1ccc(C(=O)N(CCBr)C2CCC2)cc1F. The second-order valence-corrected chi connectivity index (χ2v) is 5.41. The summed E-state index contributed by atoms with van der Waals surface area (Å²) in [6.07, 6.45) is 3.24. The van der Waals surface area contributed by atoms with E-state index in [0.717, 1.165) is 24.6 Å². The van der Waals surface area contributed by atoms with Crippen LogP contribution in [0.25, 0.3) is 0 Å². The number of hydrogen-bond acceptors (Lipinski definition) is 2. The monoisotopic (exact) mass is 329 g/mol. The Hall–Kier alpha value is -1.10. The maximum Gasteiger partial charge on any atom is 0.254 e. The van der Waals surface area contributed by atoms with Gasteiger partial charge in [0.25, 0.3) is 5.91 Å². The van der Waals surface area contributed by atoms with Crippen molar-refractivity contribution >= 4 is 21.8 Å². The third-order valence-electron chi connectivity index (χ3n) is 3.50. The van der Waals surface area contributed by atoms with Gasteiger partial charge in [0.2, 0.25) is 0 Å². The molecule has 0 unspecified atom stereocenters. The molecule has 0 aliphatic heterocycles. The average molecular weight is 330 g/mol. The van der Waals surface area contributed by atoms with Gasteiger partial charge < -0.3 is 9.64 Å². The van der Waals surface area contributed by atoms with Gasteiger partial charge in [0, 0.05) is 23.5 Å². The van der Waals surface area contributed by atoms with Gasteiger partial charge in [-0.05, 0) is 37.5 Å². The minimum atomic E-state index is -0.499. The van der Waals surface area contributed by atoms with Gasteiger partial charge in [0.15, 0.2) is 11.6 Å². The molecule has 1 aliphatic carbocycles. The van der Waals surface area contributed by atoms with Crippen LogP contribution in [0, 0.1) is 5.82 Å². The molecule has 0 heterocycles. The Kier molecular flexibility index (Phi) is 4.80. The van der Waals surface area contributed by atoms with Crippen molar-refractivity contribution in [3.8, 4) is 5.75 Å². The molecule has 5 heteroatoms. The molecule has 1 amide bonds. The fourth-order valence-electron chi connectivity index (χ4n) is 2.20. The summed E-state index contributed by atoms with van der Waals surface area (Å²) in [7, 11) is 1.41. The van der Waals surface area contributed by atoms with Crippen molar-refractivity contribution in [2.24, 2.45) is 0 Å². The standard InChI is InChI=1S/C14H17BrFNO2/c1-19-13-6-5-10(9-12(13)16)14(18)17(8-7-15)11-3-2-4-11/h5-6,9,11H,2-4,7-8H2,1H3. The Bertz CT molecular complexity index is 463. The van der Waals surface area contributed by atoms with Gasteiger partial charge in [-0.25, -0.2) is 4.39 Å². The predicted molar refractivity (Wildman–Crippen MR) is 75.4 cm³/mol. The van der Waals surface area contributed by atoms with E-state index in [2.05, 4.69) is 15.9 Å². The normalized spacial score (nSPS) is 14.9. The molecular weight excluding hydrogens is 313 g/mol. The van der Waals surface area contributed by atoms with Crippen molar-refractivity contribution < 1.29 is 13.9 Å². The van der Waals surface area contributed by atoms with Gasteiger partial charge in [0.05, 0.1) is 7.11 Å². The molecule has 0 aromatic heterocycles. The topological polar surface area (TPSA) is 29.5 Å². The van der Waals surface area contributed by atoms with Crippen LogP contribution < -0.4 is 4.74 Å². The number of carbonyl (C=O) groups is 1. The van der Waals surface area contributed by atoms with Crippen LogP contribution in [-0.4, -0.2) is 35.8 Å². The van der Waals surface area contributed by atoms with E-state index in [1.807, 2.05) is 4.90 Å². The molecule has 1 fully saturated rings. The number of hydrogen-bond donors (Lipinski definition) is 0. The number of alkyl halides is 1. The van der Waals surface area contributed by atoms with E-state index >= 15 is 0 Å². The summed E-state index contributed by atoms with van der Waals surface area (Å²) < 4.78 is 18.5. The van der Waals surface area contributed by atoms with E-state index in [9.17, 15) is 9.18 Å². The number of methoxy groups -OCH3 is 1. The molecule has 0 saturated heterocycles. The lowest BCUT2D eigenvalue weighted by Crippen LogP contribution is -2.45. The number of nitrogens with zero attached hydrogens (tertiary/aromatic N) is 1. The third kappa shape index (κ3) is 3.08. The van der Waals surface area contributed by atoms with Gasteiger partial charge in [-0.15, -0.1) is 0 Å². The summed E-state index contributed by atoms with van der Waals surface area (Å²) in [6.45, 7) is 0.650. The molecule has 1 aliphatic rings. The van der Waals surface area contributed by atoms with Crippen LogP contribution in [0.5, 0.6) is 5.75 Å². The highest BCUT2D eigenvalue weighted by Gasteiger charge is 2.29. The molecular formula is C14H17BrFNO2. The Labute approximate surface area is 120 Å². The van der Waals surface area contributed by atoms with Gasteiger partial charge >= 0.3 is 0 Å². The van der Waals surface area contributed by atoms with E-state index in [0.29, 0.717) is 18.2 Å². The Morgan fingerprint density at radius 1 is 1.53 bits per heavy atom. The first kappa shape index (κ1) is 14.3. The molecule has 1 saturated carbocycles. The van der Waals surface area contributed by atoms with Crippen LogP contribution in [0.4, 0.5) is 4.39 Å².